The number of amides is 1. The highest BCUT2D eigenvalue weighted by molar-refractivity contribution is 7.89. The molecule has 1 N–H and O–H groups in total. The molecule has 0 spiro atoms. The first-order chi connectivity index (χ1) is 12.3. The smallest absolute Gasteiger partial charge is 0.242 e. The monoisotopic (exact) mass is 380 g/mol. The first-order valence-electron chi connectivity index (χ1n) is 9.17. The fraction of sp³-hybridized carbons (Fsp3) is 0.579. The summed E-state index contributed by atoms with van der Waals surface area (Å²) >= 11 is 0. The lowest BCUT2D eigenvalue weighted by atomic mass is 9.95. The van der Waals surface area contributed by atoms with Gasteiger partial charge in [0, 0.05) is 31.6 Å². The molecule has 26 heavy (non-hydrogen) atoms. The van der Waals surface area contributed by atoms with Gasteiger partial charge in [-0.25, -0.2) is 12.7 Å². The summed E-state index contributed by atoms with van der Waals surface area (Å²) in [5.74, 6) is -0.111. The van der Waals surface area contributed by atoms with Crippen LogP contribution in [0.1, 0.15) is 62.2 Å². The number of hydrogen-bond donors (Lipinski definition) is 1. The molecule has 6 nitrogen and oxygen atoms in total. The molecule has 0 atom stereocenters. The zero-order valence-electron chi connectivity index (χ0n) is 15.5. The number of ketones is 1. The van der Waals surface area contributed by atoms with Crippen molar-refractivity contribution < 1.29 is 18.0 Å². The summed E-state index contributed by atoms with van der Waals surface area (Å²) < 4.78 is 26.3. The van der Waals surface area contributed by atoms with E-state index in [0.717, 1.165) is 25.7 Å². The van der Waals surface area contributed by atoms with E-state index < -0.39 is 10.0 Å². The number of carbonyl (C=O) groups excluding carboxylic acids is 2. The van der Waals surface area contributed by atoms with Crippen LogP contribution in [0.2, 0.25) is 0 Å². The average Bonchev–Trinajstić information content (AvgIpc) is 2.62. The highest BCUT2D eigenvalue weighted by Crippen LogP contribution is 2.18. The van der Waals surface area contributed by atoms with Gasteiger partial charge < -0.3 is 5.32 Å². The number of rotatable bonds is 8. The Morgan fingerprint density at radius 1 is 1.12 bits per heavy atom. The fourth-order valence-corrected chi connectivity index (χ4v) is 4.38. The first-order valence-corrected chi connectivity index (χ1v) is 10.6. The third kappa shape index (κ3) is 5.64. The number of sulfonamides is 1. The Labute approximate surface area is 156 Å². The standard InChI is InChI=1S/C19H28N2O4S/c1-15(22)16-10-12-18(13-11-16)26(24,25)21(2)14-6-9-19(23)20-17-7-4-3-5-8-17/h10-13,17H,3-9,14H2,1-2H3,(H,20,23). The van der Waals surface area contributed by atoms with Crippen LogP contribution in [0.15, 0.2) is 29.2 Å². The van der Waals surface area contributed by atoms with Gasteiger partial charge in [-0.2, -0.15) is 0 Å². The van der Waals surface area contributed by atoms with E-state index in [0.29, 0.717) is 18.4 Å². The molecule has 1 fully saturated rings. The molecule has 0 aromatic heterocycles. The fourth-order valence-electron chi connectivity index (χ4n) is 3.17. The van der Waals surface area contributed by atoms with Gasteiger partial charge in [0.1, 0.15) is 0 Å². The number of nitrogens with zero attached hydrogens (tertiary/aromatic N) is 1. The van der Waals surface area contributed by atoms with Gasteiger partial charge in [0.2, 0.25) is 15.9 Å². The summed E-state index contributed by atoms with van der Waals surface area (Å²) in [4.78, 5) is 23.4. The minimum atomic E-state index is -3.62. The lowest BCUT2D eigenvalue weighted by Gasteiger charge is -2.23. The minimum absolute atomic E-state index is 0.00601. The van der Waals surface area contributed by atoms with E-state index in [1.54, 1.807) is 0 Å². The van der Waals surface area contributed by atoms with Crippen molar-refractivity contribution >= 4 is 21.7 Å². The second kappa shape index (κ2) is 9.28. The lowest BCUT2D eigenvalue weighted by Crippen LogP contribution is -2.36. The van der Waals surface area contributed by atoms with Crippen LogP contribution in [0.25, 0.3) is 0 Å². The van der Waals surface area contributed by atoms with E-state index in [1.165, 1.54) is 49.0 Å². The van der Waals surface area contributed by atoms with Crippen LogP contribution in [0.4, 0.5) is 0 Å². The average molecular weight is 381 g/mol. The number of hydrogen-bond acceptors (Lipinski definition) is 4. The third-order valence-corrected chi connectivity index (χ3v) is 6.69. The van der Waals surface area contributed by atoms with E-state index in [4.69, 9.17) is 0 Å². The predicted molar refractivity (Wildman–Crippen MR) is 101 cm³/mol. The predicted octanol–water partition coefficient (Wildman–Crippen LogP) is 2.74. The van der Waals surface area contributed by atoms with E-state index in [1.807, 2.05) is 0 Å². The van der Waals surface area contributed by atoms with Crippen molar-refractivity contribution in [3.8, 4) is 0 Å². The van der Waals surface area contributed by atoms with Crippen LogP contribution in [0, 0.1) is 0 Å². The van der Waals surface area contributed by atoms with Gasteiger partial charge >= 0.3 is 0 Å². The molecule has 0 radical (unpaired) electrons. The number of benzene rings is 1. The van der Waals surface area contributed by atoms with Gasteiger partial charge in [-0.15, -0.1) is 0 Å². The normalized spacial score (nSPS) is 15.8. The van der Waals surface area contributed by atoms with Gasteiger partial charge in [0.15, 0.2) is 5.78 Å². The molecule has 0 aliphatic heterocycles. The molecular weight excluding hydrogens is 352 g/mol. The van der Waals surface area contributed by atoms with Gasteiger partial charge in [-0.1, -0.05) is 31.4 Å². The zero-order valence-corrected chi connectivity index (χ0v) is 16.3. The van der Waals surface area contributed by atoms with E-state index in [9.17, 15) is 18.0 Å². The molecule has 0 heterocycles. The summed E-state index contributed by atoms with van der Waals surface area (Å²) in [6.45, 7) is 1.71. The molecular formula is C19H28N2O4S. The molecule has 1 aliphatic rings. The van der Waals surface area contributed by atoms with Crippen LogP contribution in [-0.4, -0.2) is 44.0 Å². The molecule has 144 valence electrons. The van der Waals surface area contributed by atoms with Gasteiger partial charge in [0.25, 0.3) is 0 Å². The summed E-state index contributed by atoms with van der Waals surface area (Å²) in [6, 6.07) is 6.19. The summed E-state index contributed by atoms with van der Waals surface area (Å²) in [5.41, 5.74) is 0.478. The second-order valence-corrected chi connectivity index (χ2v) is 8.96. The van der Waals surface area contributed by atoms with Crippen LogP contribution in [0.3, 0.4) is 0 Å². The maximum atomic E-state index is 12.5. The van der Waals surface area contributed by atoms with Gasteiger partial charge in [-0.3, -0.25) is 9.59 Å². The van der Waals surface area contributed by atoms with Crippen molar-refractivity contribution in [3.63, 3.8) is 0 Å². The Hall–Kier alpha value is -1.73. The van der Waals surface area contributed by atoms with Crippen molar-refractivity contribution in [2.75, 3.05) is 13.6 Å². The van der Waals surface area contributed by atoms with Crippen molar-refractivity contribution in [2.45, 2.75) is 62.8 Å². The highest BCUT2D eigenvalue weighted by Gasteiger charge is 2.21. The maximum Gasteiger partial charge on any atom is 0.242 e. The van der Waals surface area contributed by atoms with Crippen LogP contribution < -0.4 is 5.32 Å². The SMILES string of the molecule is CC(=O)c1ccc(S(=O)(=O)N(C)CCCC(=O)NC2CCCCC2)cc1. The molecule has 0 bridgehead atoms. The Bertz CT molecular complexity index is 722. The molecule has 0 saturated heterocycles. The molecule has 1 aromatic carbocycles. The molecule has 7 heteroatoms. The van der Waals surface area contributed by atoms with Crippen molar-refractivity contribution in [3.05, 3.63) is 29.8 Å². The van der Waals surface area contributed by atoms with Gasteiger partial charge in [0.05, 0.1) is 4.90 Å². The summed E-state index contributed by atoms with van der Waals surface area (Å²) in [6.07, 6.45) is 6.43. The van der Waals surface area contributed by atoms with E-state index in [2.05, 4.69) is 5.32 Å². The molecule has 0 unspecified atom stereocenters. The topological polar surface area (TPSA) is 83.6 Å². The van der Waals surface area contributed by atoms with Crippen molar-refractivity contribution in [2.24, 2.45) is 0 Å². The highest BCUT2D eigenvalue weighted by atomic mass is 32.2. The minimum Gasteiger partial charge on any atom is -0.353 e. The van der Waals surface area contributed by atoms with Crippen LogP contribution in [0.5, 0.6) is 0 Å². The molecule has 1 amide bonds. The molecule has 1 aromatic rings. The van der Waals surface area contributed by atoms with E-state index in [-0.39, 0.29) is 29.2 Å². The van der Waals surface area contributed by atoms with Crippen LogP contribution in [-0.2, 0) is 14.8 Å². The van der Waals surface area contributed by atoms with Crippen molar-refractivity contribution in [1.29, 1.82) is 0 Å². The maximum absolute atomic E-state index is 12.5. The zero-order chi connectivity index (χ0) is 19.2. The Kier molecular flexibility index (Phi) is 7.34. The summed E-state index contributed by atoms with van der Waals surface area (Å²) in [5, 5.41) is 3.04. The molecule has 1 saturated carbocycles. The lowest BCUT2D eigenvalue weighted by molar-refractivity contribution is -0.122. The Balaban J connectivity index is 1.82. The molecule has 2 rings (SSSR count). The Morgan fingerprint density at radius 2 is 1.73 bits per heavy atom. The molecule has 1 aliphatic carbocycles. The quantitative estimate of drug-likeness (QED) is 0.703. The van der Waals surface area contributed by atoms with Crippen LogP contribution >= 0.6 is 0 Å². The second-order valence-electron chi connectivity index (χ2n) is 6.91. The number of Topliss-reactive ketones (excluding diaryl/α,β-unsaturated/α-hetero) is 1. The largest absolute Gasteiger partial charge is 0.353 e. The number of carbonyl (C=O) groups is 2. The van der Waals surface area contributed by atoms with Gasteiger partial charge in [-0.05, 0) is 38.3 Å². The number of nitrogens with one attached hydrogen (secondary N) is 1. The first kappa shape index (κ1) is 20.6. The Morgan fingerprint density at radius 3 is 2.31 bits per heavy atom. The third-order valence-electron chi connectivity index (χ3n) is 4.82. The van der Waals surface area contributed by atoms with E-state index >= 15 is 0 Å². The summed E-state index contributed by atoms with van der Waals surface area (Å²) in [7, 11) is -2.11. The van der Waals surface area contributed by atoms with Crippen molar-refractivity contribution in [1.82, 2.24) is 9.62 Å².